The Morgan fingerprint density at radius 2 is 2.06 bits per heavy atom. The lowest BCUT2D eigenvalue weighted by molar-refractivity contribution is -0.137. The second kappa shape index (κ2) is 3.55. The second-order valence-corrected chi connectivity index (χ2v) is 3.19. The summed E-state index contributed by atoms with van der Waals surface area (Å²) in [4.78, 5) is 6.18. The molecule has 2 aromatic rings. The van der Waals surface area contributed by atoms with E-state index in [2.05, 4.69) is 9.97 Å². The number of pyridine rings is 1. The van der Waals surface area contributed by atoms with Crippen LogP contribution in [0.3, 0.4) is 0 Å². The topological polar surface area (TPSA) is 48.9 Å². The highest BCUT2D eigenvalue weighted by Crippen LogP contribution is 2.34. The highest BCUT2D eigenvalue weighted by atomic mass is 19.4. The maximum Gasteiger partial charge on any atom is 0.417 e. The van der Waals surface area contributed by atoms with E-state index in [-0.39, 0.29) is 17.0 Å². The summed E-state index contributed by atoms with van der Waals surface area (Å²) >= 11 is 0. The monoisotopic (exact) mass is 228 g/mol. The fourth-order valence-electron chi connectivity index (χ4n) is 1.31. The van der Waals surface area contributed by atoms with Crippen molar-refractivity contribution >= 4 is 0 Å². The second-order valence-electron chi connectivity index (χ2n) is 3.19. The molecule has 0 saturated heterocycles. The SMILES string of the molecule is Oc1ccncc1-c1cc(C(F)(F)F)c[nH]1. The van der Waals surface area contributed by atoms with Crippen LogP contribution >= 0.6 is 0 Å². The number of aromatic nitrogens is 2. The smallest absolute Gasteiger partial charge is 0.417 e. The van der Waals surface area contributed by atoms with Crippen molar-refractivity contribution in [1.82, 2.24) is 9.97 Å². The van der Waals surface area contributed by atoms with Gasteiger partial charge in [-0.15, -0.1) is 0 Å². The van der Waals surface area contributed by atoms with Crippen LogP contribution < -0.4 is 0 Å². The standard InChI is InChI=1S/C10H7F3N2O/c11-10(12,13)6-3-8(15-4-6)7-5-14-2-1-9(7)16/h1-5,15H,(H,14,16). The molecule has 0 spiro atoms. The summed E-state index contributed by atoms with van der Waals surface area (Å²) < 4.78 is 37.0. The third-order valence-electron chi connectivity index (χ3n) is 2.10. The van der Waals surface area contributed by atoms with Crippen LogP contribution in [0.4, 0.5) is 13.2 Å². The predicted molar refractivity (Wildman–Crippen MR) is 50.7 cm³/mol. The van der Waals surface area contributed by atoms with Gasteiger partial charge in [-0.25, -0.2) is 0 Å². The number of aromatic amines is 1. The summed E-state index contributed by atoms with van der Waals surface area (Å²) in [7, 11) is 0. The van der Waals surface area contributed by atoms with E-state index in [1.807, 2.05) is 0 Å². The van der Waals surface area contributed by atoms with Gasteiger partial charge in [0.25, 0.3) is 0 Å². The van der Waals surface area contributed by atoms with Crippen LogP contribution in [-0.4, -0.2) is 15.1 Å². The van der Waals surface area contributed by atoms with Gasteiger partial charge in [0.2, 0.25) is 0 Å². The highest BCUT2D eigenvalue weighted by Gasteiger charge is 2.31. The van der Waals surface area contributed by atoms with Crippen molar-refractivity contribution in [2.45, 2.75) is 6.18 Å². The number of rotatable bonds is 1. The molecule has 0 radical (unpaired) electrons. The number of halogens is 3. The van der Waals surface area contributed by atoms with Crippen molar-refractivity contribution in [3.8, 4) is 17.0 Å². The lowest BCUT2D eigenvalue weighted by Gasteiger charge is -2.01. The molecule has 0 aromatic carbocycles. The Morgan fingerprint density at radius 1 is 1.31 bits per heavy atom. The zero-order chi connectivity index (χ0) is 11.8. The van der Waals surface area contributed by atoms with Crippen LogP contribution in [-0.2, 0) is 6.18 Å². The average Bonchev–Trinajstić information content (AvgIpc) is 2.66. The summed E-state index contributed by atoms with van der Waals surface area (Å²) in [5, 5.41) is 9.43. The number of alkyl halides is 3. The van der Waals surface area contributed by atoms with Crippen molar-refractivity contribution in [3.63, 3.8) is 0 Å². The van der Waals surface area contributed by atoms with E-state index < -0.39 is 11.7 Å². The van der Waals surface area contributed by atoms with E-state index in [1.165, 1.54) is 18.5 Å². The van der Waals surface area contributed by atoms with Crippen molar-refractivity contribution in [1.29, 1.82) is 0 Å². The first-order chi connectivity index (χ1) is 7.48. The number of hydrogen-bond donors (Lipinski definition) is 2. The van der Waals surface area contributed by atoms with Gasteiger partial charge in [0.05, 0.1) is 16.8 Å². The van der Waals surface area contributed by atoms with Gasteiger partial charge >= 0.3 is 6.18 Å². The normalized spacial score (nSPS) is 11.7. The van der Waals surface area contributed by atoms with Gasteiger partial charge in [0.15, 0.2) is 0 Å². The lowest BCUT2D eigenvalue weighted by atomic mass is 10.2. The molecule has 0 aliphatic carbocycles. The third kappa shape index (κ3) is 1.86. The molecule has 2 heterocycles. The van der Waals surface area contributed by atoms with Crippen molar-refractivity contribution in [2.24, 2.45) is 0 Å². The predicted octanol–water partition coefficient (Wildman–Crippen LogP) is 2.80. The van der Waals surface area contributed by atoms with E-state index >= 15 is 0 Å². The molecule has 0 bridgehead atoms. The van der Waals surface area contributed by atoms with E-state index in [9.17, 15) is 18.3 Å². The van der Waals surface area contributed by atoms with Gasteiger partial charge in [-0.05, 0) is 12.1 Å². The van der Waals surface area contributed by atoms with Crippen LogP contribution in [0.5, 0.6) is 5.75 Å². The quantitative estimate of drug-likeness (QED) is 0.788. The lowest BCUT2D eigenvalue weighted by Crippen LogP contribution is -2.02. The number of H-pyrrole nitrogens is 1. The third-order valence-corrected chi connectivity index (χ3v) is 2.10. The molecule has 0 amide bonds. The van der Waals surface area contributed by atoms with Gasteiger partial charge in [0.1, 0.15) is 5.75 Å². The molecule has 2 aromatic heterocycles. The zero-order valence-electron chi connectivity index (χ0n) is 7.92. The van der Waals surface area contributed by atoms with E-state index in [1.54, 1.807) is 0 Å². The van der Waals surface area contributed by atoms with E-state index in [0.29, 0.717) is 0 Å². The Balaban J connectivity index is 2.44. The zero-order valence-corrected chi connectivity index (χ0v) is 7.92. The van der Waals surface area contributed by atoms with E-state index in [4.69, 9.17) is 0 Å². The Kier molecular flexibility index (Phi) is 2.34. The molecular weight excluding hydrogens is 221 g/mol. The number of nitrogens with zero attached hydrogens (tertiary/aromatic N) is 1. The molecule has 0 fully saturated rings. The maximum atomic E-state index is 12.3. The summed E-state index contributed by atoms with van der Waals surface area (Å²) in [6, 6.07) is 2.24. The largest absolute Gasteiger partial charge is 0.507 e. The molecule has 2 rings (SSSR count). The molecule has 0 aliphatic rings. The molecule has 0 aliphatic heterocycles. The first-order valence-electron chi connectivity index (χ1n) is 4.37. The molecule has 6 heteroatoms. The van der Waals surface area contributed by atoms with E-state index in [0.717, 1.165) is 12.3 Å². The number of aromatic hydroxyl groups is 1. The Morgan fingerprint density at radius 3 is 2.62 bits per heavy atom. The fourth-order valence-corrected chi connectivity index (χ4v) is 1.31. The highest BCUT2D eigenvalue weighted by molar-refractivity contribution is 5.66. The molecule has 0 unspecified atom stereocenters. The summed E-state index contributed by atoms with van der Waals surface area (Å²) in [5.74, 6) is -0.120. The Hall–Kier alpha value is -1.98. The maximum absolute atomic E-state index is 12.3. The van der Waals surface area contributed by atoms with Crippen LogP contribution in [0.1, 0.15) is 5.56 Å². The van der Waals surface area contributed by atoms with Gasteiger partial charge in [-0.2, -0.15) is 13.2 Å². The summed E-state index contributed by atoms with van der Waals surface area (Å²) in [6.45, 7) is 0. The Labute approximate surface area is 88.6 Å². The van der Waals surface area contributed by atoms with Crippen molar-refractivity contribution in [3.05, 3.63) is 36.3 Å². The summed E-state index contributed by atoms with van der Waals surface area (Å²) in [5.41, 5.74) is -0.373. The molecule has 16 heavy (non-hydrogen) atoms. The minimum atomic E-state index is -4.40. The molecular formula is C10H7F3N2O. The number of nitrogens with one attached hydrogen (secondary N) is 1. The molecule has 2 N–H and O–H groups in total. The van der Waals surface area contributed by atoms with Gasteiger partial charge in [-0.3, -0.25) is 4.98 Å². The average molecular weight is 228 g/mol. The first kappa shape index (κ1) is 10.5. The minimum Gasteiger partial charge on any atom is -0.507 e. The van der Waals surface area contributed by atoms with Crippen molar-refractivity contribution in [2.75, 3.05) is 0 Å². The number of hydrogen-bond acceptors (Lipinski definition) is 2. The molecule has 0 atom stereocenters. The van der Waals surface area contributed by atoms with Crippen LogP contribution in [0.15, 0.2) is 30.7 Å². The van der Waals surface area contributed by atoms with Crippen LogP contribution in [0.25, 0.3) is 11.3 Å². The molecule has 0 saturated carbocycles. The first-order valence-corrected chi connectivity index (χ1v) is 4.37. The van der Waals surface area contributed by atoms with Gasteiger partial charge < -0.3 is 10.1 Å². The van der Waals surface area contributed by atoms with Crippen LogP contribution in [0.2, 0.25) is 0 Å². The van der Waals surface area contributed by atoms with Gasteiger partial charge in [0, 0.05) is 18.6 Å². The Bertz CT molecular complexity index is 505. The fraction of sp³-hybridized carbons (Fsp3) is 0.100. The minimum absolute atomic E-state index is 0.120. The van der Waals surface area contributed by atoms with Gasteiger partial charge in [-0.1, -0.05) is 0 Å². The summed E-state index contributed by atoms with van der Waals surface area (Å²) in [6.07, 6.45) is -0.901. The van der Waals surface area contributed by atoms with Crippen molar-refractivity contribution < 1.29 is 18.3 Å². The van der Waals surface area contributed by atoms with Crippen LogP contribution in [0, 0.1) is 0 Å². The molecule has 84 valence electrons. The molecule has 3 nitrogen and oxygen atoms in total.